The first-order valence-electron chi connectivity index (χ1n) is 19.7. The van der Waals surface area contributed by atoms with Crippen LogP contribution in [-0.4, -0.2) is 98.9 Å². The molecule has 298 valence electrons. The molecular weight excluding hydrogens is 746 g/mol. The fourth-order valence-electron chi connectivity index (χ4n) is 9.71. The molecule has 4 aromatic heterocycles. The van der Waals surface area contributed by atoms with Crippen molar-refractivity contribution >= 4 is 52.0 Å². The number of urea groups is 1. The molecule has 1 aliphatic carbocycles. The third-order valence-corrected chi connectivity index (χ3v) is 12.8. The lowest BCUT2D eigenvalue weighted by Crippen LogP contribution is -2.74. The molecule has 3 saturated heterocycles. The number of nitriles is 1. The molecule has 4 aromatic rings. The number of pyridine rings is 3. The van der Waals surface area contributed by atoms with Crippen molar-refractivity contribution in [2.45, 2.75) is 78.0 Å². The smallest absolute Gasteiger partial charge is 0.328 e. The molecule has 4 amide bonds. The lowest BCUT2D eigenvalue weighted by Gasteiger charge is -2.63. The summed E-state index contributed by atoms with van der Waals surface area (Å²) in [5.74, 6) is 1.55. The van der Waals surface area contributed by atoms with E-state index < -0.39 is 6.03 Å². The average Bonchev–Trinajstić information content (AvgIpc) is 3.64. The highest BCUT2D eigenvalue weighted by molar-refractivity contribution is 6.31. The summed E-state index contributed by atoms with van der Waals surface area (Å²) in [5, 5.41) is 20.6. The fraction of sp³-hybridized carbons (Fsp3) is 0.512. The predicted molar refractivity (Wildman–Crippen MR) is 214 cm³/mol. The monoisotopic (exact) mass is 793 g/mol. The van der Waals surface area contributed by atoms with Crippen LogP contribution >= 0.6 is 11.6 Å². The van der Waals surface area contributed by atoms with E-state index in [-0.39, 0.29) is 58.0 Å². The van der Waals surface area contributed by atoms with Crippen LogP contribution in [-0.2, 0) is 4.79 Å². The molecule has 3 aliphatic heterocycles. The van der Waals surface area contributed by atoms with Gasteiger partial charge in [-0.3, -0.25) is 19.8 Å². The summed E-state index contributed by atoms with van der Waals surface area (Å²) in [6.07, 6.45) is 10.8. The number of piperidine rings is 2. The Morgan fingerprint density at radius 2 is 1.74 bits per heavy atom. The number of imide groups is 1. The van der Waals surface area contributed by atoms with Crippen molar-refractivity contribution in [3.05, 3.63) is 65.3 Å². The number of halogens is 1. The van der Waals surface area contributed by atoms with Gasteiger partial charge in [-0.25, -0.2) is 24.4 Å². The highest BCUT2D eigenvalue weighted by Gasteiger charge is 2.64. The largest absolute Gasteiger partial charge is 0.487 e. The molecule has 2 N–H and O–H groups in total. The molecule has 0 atom stereocenters. The number of amides is 4. The van der Waals surface area contributed by atoms with Gasteiger partial charge in [0.2, 0.25) is 5.91 Å². The molecule has 4 fully saturated rings. The second-order valence-corrected chi connectivity index (χ2v) is 17.3. The Labute approximate surface area is 336 Å². The van der Waals surface area contributed by atoms with E-state index in [0.717, 1.165) is 80.9 Å². The quantitative estimate of drug-likeness (QED) is 0.223. The summed E-state index contributed by atoms with van der Waals surface area (Å²) >= 11 is 6.19. The van der Waals surface area contributed by atoms with E-state index in [1.54, 1.807) is 29.6 Å². The SMILES string of the molecule is CC1(C)[C@H](NC(=O)c2ccc(N3CCC(CN4CCC(n5ncc6c(N7CCC(=O)NC7=O)ccnc65)CC4)CC3)nc2)C(C)(C)[C@H]1Oc1cnc(C#N)c(Cl)c1. The molecule has 0 unspecified atom stereocenters. The topological polar surface area (TPSA) is 174 Å². The molecule has 16 heteroatoms. The lowest BCUT2D eigenvalue weighted by atomic mass is 9.49. The Morgan fingerprint density at radius 3 is 2.40 bits per heavy atom. The third kappa shape index (κ3) is 7.36. The number of fused-ring (bicyclic) bond motifs is 1. The van der Waals surface area contributed by atoms with Crippen LogP contribution in [0.1, 0.15) is 81.9 Å². The normalized spacial score (nSPS) is 22.8. The molecule has 8 rings (SSSR count). The molecular formula is C41H48ClN11O4. The van der Waals surface area contributed by atoms with E-state index in [0.29, 0.717) is 23.8 Å². The number of nitrogens with one attached hydrogen (secondary N) is 2. The van der Waals surface area contributed by atoms with E-state index in [2.05, 4.69) is 58.1 Å². The summed E-state index contributed by atoms with van der Waals surface area (Å²) in [7, 11) is 0. The molecule has 0 aromatic carbocycles. The van der Waals surface area contributed by atoms with Gasteiger partial charge in [-0.15, -0.1) is 0 Å². The van der Waals surface area contributed by atoms with Crippen molar-refractivity contribution in [1.82, 2.24) is 40.3 Å². The van der Waals surface area contributed by atoms with Crippen LogP contribution in [0.2, 0.25) is 5.02 Å². The van der Waals surface area contributed by atoms with Crippen LogP contribution in [0.4, 0.5) is 16.3 Å². The highest BCUT2D eigenvalue weighted by Crippen LogP contribution is 2.55. The number of carbonyl (C=O) groups is 3. The first kappa shape index (κ1) is 38.5. The number of ether oxygens (including phenoxy) is 1. The van der Waals surface area contributed by atoms with Crippen LogP contribution in [0, 0.1) is 28.1 Å². The maximum atomic E-state index is 13.5. The lowest BCUT2D eigenvalue weighted by molar-refractivity contribution is -0.164. The number of nitrogens with zero attached hydrogens (tertiary/aromatic N) is 9. The number of hydrogen-bond acceptors (Lipinski definition) is 11. The second-order valence-electron chi connectivity index (χ2n) is 16.9. The summed E-state index contributed by atoms with van der Waals surface area (Å²) in [6.45, 7) is 13.5. The minimum absolute atomic E-state index is 0.152. The molecule has 7 heterocycles. The number of likely N-dealkylation sites (tertiary alicyclic amines) is 1. The van der Waals surface area contributed by atoms with Gasteiger partial charge in [0, 0.05) is 81.0 Å². The summed E-state index contributed by atoms with van der Waals surface area (Å²) in [4.78, 5) is 57.6. The summed E-state index contributed by atoms with van der Waals surface area (Å²) in [6, 6.07) is 8.85. The van der Waals surface area contributed by atoms with Gasteiger partial charge in [0.25, 0.3) is 5.91 Å². The average molecular weight is 794 g/mol. The number of anilines is 2. The third-order valence-electron chi connectivity index (χ3n) is 12.5. The number of hydrogen-bond donors (Lipinski definition) is 2. The predicted octanol–water partition coefficient (Wildman–Crippen LogP) is 5.36. The molecule has 0 bridgehead atoms. The molecule has 1 saturated carbocycles. The van der Waals surface area contributed by atoms with Gasteiger partial charge in [0.05, 0.1) is 40.1 Å². The number of carbonyl (C=O) groups excluding carboxylic acids is 3. The molecule has 0 spiro atoms. The molecule has 4 aliphatic rings. The zero-order valence-corrected chi connectivity index (χ0v) is 33.5. The van der Waals surface area contributed by atoms with Crippen LogP contribution in [0.5, 0.6) is 5.75 Å². The van der Waals surface area contributed by atoms with Crippen molar-refractivity contribution in [3.8, 4) is 11.8 Å². The standard InChI is InChI=1S/C41H48ClN11O4/c1-40(2)37(41(3,4)38(40)57-28-19-30(42)31(20-43)45-22-28)49-36(55)26-5-6-33(46-21-26)51-16-8-25(9-17-51)24-50-14-10-27(11-15-50)53-35-29(23-47-53)32(7-13-44-35)52-18-12-34(54)48-39(52)56/h5-7,13,19,21-23,25,27,37-38H,8-12,14-18,24H2,1-4H3,(H,49,55)(H,48,54,56)/t37-,38-. The van der Waals surface area contributed by atoms with Gasteiger partial charge in [-0.2, -0.15) is 10.4 Å². The van der Waals surface area contributed by atoms with Gasteiger partial charge < -0.3 is 19.9 Å². The van der Waals surface area contributed by atoms with Crippen molar-refractivity contribution in [1.29, 1.82) is 5.26 Å². The molecule has 15 nitrogen and oxygen atoms in total. The van der Waals surface area contributed by atoms with Crippen LogP contribution in [0.15, 0.2) is 49.1 Å². The zero-order valence-electron chi connectivity index (χ0n) is 32.7. The Kier molecular flexibility index (Phi) is 10.3. The zero-order chi connectivity index (χ0) is 40.1. The molecule has 57 heavy (non-hydrogen) atoms. The van der Waals surface area contributed by atoms with Crippen LogP contribution in [0.3, 0.4) is 0 Å². The minimum Gasteiger partial charge on any atom is -0.487 e. The molecule has 0 radical (unpaired) electrons. The Balaban J connectivity index is 0.800. The van der Waals surface area contributed by atoms with E-state index in [9.17, 15) is 14.4 Å². The van der Waals surface area contributed by atoms with E-state index in [1.807, 2.05) is 29.0 Å². The van der Waals surface area contributed by atoms with E-state index in [4.69, 9.17) is 31.7 Å². The van der Waals surface area contributed by atoms with Gasteiger partial charge >= 0.3 is 6.03 Å². The number of rotatable bonds is 9. The first-order chi connectivity index (χ1) is 27.3. The van der Waals surface area contributed by atoms with Crippen molar-refractivity contribution in [2.24, 2.45) is 16.7 Å². The first-order valence-corrected chi connectivity index (χ1v) is 20.1. The summed E-state index contributed by atoms with van der Waals surface area (Å²) in [5.41, 5.74) is 1.39. The Bertz CT molecular complexity index is 2200. The van der Waals surface area contributed by atoms with E-state index in [1.165, 1.54) is 6.20 Å². The second kappa shape index (κ2) is 15.2. The maximum Gasteiger partial charge on any atom is 0.328 e. The van der Waals surface area contributed by atoms with Crippen LogP contribution in [0.25, 0.3) is 11.0 Å². The fourth-order valence-corrected chi connectivity index (χ4v) is 9.91. The van der Waals surface area contributed by atoms with Crippen molar-refractivity contribution in [3.63, 3.8) is 0 Å². The van der Waals surface area contributed by atoms with E-state index >= 15 is 0 Å². The summed E-state index contributed by atoms with van der Waals surface area (Å²) < 4.78 is 8.33. The van der Waals surface area contributed by atoms with Gasteiger partial charge in [-0.05, 0) is 49.8 Å². The van der Waals surface area contributed by atoms with Gasteiger partial charge in [0.15, 0.2) is 11.3 Å². The van der Waals surface area contributed by atoms with Crippen LogP contribution < -0.4 is 25.2 Å². The minimum atomic E-state index is -0.410. The van der Waals surface area contributed by atoms with Gasteiger partial charge in [0.1, 0.15) is 23.7 Å². The highest BCUT2D eigenvalue weighted by atomic mass is 35.5. The Morgan fingerprint density at radius 1 is 0.982 bits per heavy atom. The Hall–Kier alpha value is -5.33. The number of aromatic nitrogens is 5. The van der Waals surface area contributed by atoms with Gasteiger partial charge in [-0.1, -0.05) is 39.3 Å². The maximum absolute atomic E-state index is 13.5. The van der Waals surface area contributed by atoms with Crippen molar-refractivity contribution < 1.29 is 19.1 Å². The van der Waals surface area contributed by atoms with Crippen molar-refractivity contribution in [2.75, 3.05) is 49.1 Å².